The van der Waals surface area contributed by atoms with Gasteiger partial charge in [-0.2, -0.15) is 4.31 Å². The van der Waals surface area contributed by atoms with Gasteiger partial charge < -0.3 is 4.74 Å². The van der Waals surface area contributed by atoms with Crippen LogP contribution in [0.5, 0.6) is 0 Å². The SMILES string of the molecule is O=S(=O)(c1cccs1)N1CCC[C@H](N2CCOCC2)C1. The molecule has 0 saturated carbocycles. The molecule has 0 unspecified atom stereocenters. The monoisotopic (exact) mass is 316 g/mol. The van der Waals surface area contributed by atoms with Gasteiger partial charge in [0.25, 0.3) is 10.0 Å². The quantitative estimate of drug-likeness (QED) is 0.842. The molecule has 3 heterocycles. The first-order valence-corrected chi connectivity index (χ1v) is 9.35. The van der Waals surface area contributed by atoms with E-state index in [1.165, 1.54) is 11.3 Å². The maximum Gasteiger partial charge on any atom is 0.252 e. The van der Waals surface area contributed by atoms with E-state index in [0.29, 0.717) is 23.3 Å². The second-order valence-electron chi connectivity index (χ2n) is 5.24. The van der Waals surface area contributed by atoms with Gasteiger partial charge in [0.05, 0.1) is 13.2 Å². The third-order valence-electron chi connectivity index (χ3n) is 4.01. The van der Waals surface area contributed by atoms with Gasteiger partial charge in [-0.3, -0.25) is 4.90 Å². The van der Waals surface area contributed by atoms with Crippen LogP contribution in [0.15, 0.2) is 21.7 Å². The number of morpholine rings is 1. The summed E-state index contributed by atoms with van der Waals surface area (Å²) >= 11 is 1.30. The van der Waals surface area contributed by atoms with Gasteiger partial charge in [0.2, 0.25) is 0 Å². The number of sulfonamides is 1. The van der Waals surface area contributed by atoms with Crippen molar-refractivity contribution in [1.82, 2.24) is 9.21 Å². The number of thiophene rings is 1. The highest BCUT2D eigenvalue weighted by Gasteiger charge is 2.33. The second kappa shape index (κ2) is 6.11. The van der Waals surface area contributed by atoms with Crippen molar-refractivity contribution in [1.29, 1.82) is 0 Å². The highest BCUT2D eigenvalue weighted by atomic mass is 32.2. The predicted molar refractivity (Wildman–Crippen MR) is 78.5 cm³/mol. The smallest absolute Gasteiger partial charge is 0.252 e. The zero-order valence-corrected chi connectivity index (χ0v) is 13.0. The molecular weight excluding hydrogens is 296 g/mol. The van der Waals surface area contributed by atoms with Gasteiger partial charge in [-0.1, -0.05) is 6.07 Å². The molecule has 1 aromatic heterocycles. The van der Waals surface area contributed by atoms with Gasteiger partial charge in [0, 0.05) is 32.2 Å². The minimum absolute atomic E-state index is 0.336. The first-order valence-electron chi connectivity index (χ1n) is 7.03. The molecule has 2 saturated heterocycles. The van der Waals surface area contributed by atoms with Gasteiger partial charge in [-0.05, 0) is 24.3 Å². The van der Waals surface area contributed by atoms with E-state index in [2.05, 4.69) is 4.90 Å². The zero-order valence-electron chi connectivity index (χ0n) is 11.4. The number of piperidine rings is 1. The number of hydrogen-bond donors (Lipinski definition) is 0. The number of hydrogen-bond acceptors (Lipinski definition) is 5. The lowest BCUT2D eigenvalue weighted by molar-refractivity contribution is 0.00539. The molecule has 0 aromatic carbocycles. The van der Waals surface area contributed by atoms with E-state index in [4.69, 9.17) is 4.74 Å². The van der Waals surface area contributed by atoms with Crippen molar-refractivity contribution >= 4 is 21.4 Å². The van der Waals surface area contributed by atoms with Crippen molar-refractivity contribution in [2.75, 3.05) is 39.4 Å². The van der Waals surface area contributed by atoms with Gasteiger partial charge in [0.1, 0.15) is 4.21 Å². The third kappa shape index (κ3) is 2.92. The summed E-state index contributed by atoms with van der Waals surface area (Å²) in [6.45, 7) is 4.60. The molecule has 0 aliphatic carbocycles. The number of nitrogens with zero attached hydrogens (tertiary/aromatic N) is 2. The third-order valence-corrected chi connectivity index (χ3v) is 7.25. The van der Waals surface area contributed by atoms with Crippen molar-refractivity contribution in [3.8, 4) is 0 Å². The van der Waals surface area contributed by atoms with Crippen LogP contribution in [-0.4, -0.2) is 63.1 Å². The Morgan fingerprint density at radius 1 is 1.25 bits per heavy atom. The Hall–Kier alpha value is -0.470. The summed E-state index contributed by atoms with van der Waals surface area (Å²) < 4.78 is 32.6. The molecule has 2 aliphatic rings. The molecule has 0 radical (unpaired) electrons. The van der Waals surface area contributed by atoms with Gasteiger partial charge in [0.15, 0.2) is 0 Å². The standard InChI is InChI=1S/C13H20N2O3S2/c16-20(17,13-4-2-10-19-13)15-5-1-3-12(11-15)14-6-8-18-9-7-14/h2,4,10,12H,1,3,5-9,11H2/t12-/m0/s1. The summed E-state index contributed by atoms with van der Waals surface area (Å²) in [5, 5.41) is 1.82. The first kappa shape index (κ1) is 14.5. The molecule has 1 aromatic rings. The molecule has 5 nitrogen and oxygen atoms in total. The van der Waals surface area contributed by atoms with Crippen LogP contribution in [-0.2, 0) is 14.8 Å². The number of rotatable bonds is 3. The first-order chi connectivity index (χ1) is 9.68. The van der Waals surface area contributed by atoms with Crippen LogP contribution >= 0.6 is 11.3 Å². The molecule has 7 heteroatoms. The lowest BCUT2D eigenvalue weighted by atomic mass is 10.1. The molecule has 0 spiro atoms. The van der Waals surface area contributed by atoms with Crippen LogP contribution in [0, 0.1) is 0 Å². The zero-order chi connectivity index (χ0) is 14.0. The van der Waals surface area contributed by atoms with Crippen molar-refractivity contribution in [3.05, 3.63) is 17.5 Å². The molecule has 112 valence electrons. The molecule has 0 amide bonds. The Morgan fingerprint density at radius 3 is 2.75 bits per heavy atom. The Kier molecular flexibility index (Phi) is 4.42. The molecule has 3 rings (SSSR count). The minimum atomic E-state index is -3.30. The van der Waals surface area contributed by atoms with E-state index in [1.807, 2.05) is 5.38 Å². The average molecular weight is 316 g/mol. The lowest BCUT2D eigenvalue weighted by Crippen LogP contribution is -2.52. The molecule has 2 fully saturated rings. The van der Waals surface area contributed by atoms with E-state index < -0.39 is 10.0 Å². The molecule has 2 aliphatic heterocycles. The molecule has 1 atom stereocenters. The molecule has 0 bridgehead atoms. The number of ether oxygens (including phenoxy) is 1. The predicted octanol–water partition coefficient (Wildman–Crippen LogP) is 1.23. The van der Waals surface area contributed by atoms with Crippen LogP contribution in [0.1, 0.15) is 12.8 Å². The minimum Gasteiger partial charge on any atom is -0.379 e. The van der Waals surface area contributed by atoms with Gasteiger partial charge >= 0.3 is 0 Å². The summed E-state index contributed by atoms with van der Waals surface area (Å²) in [6.07, 6.45) is 2.02. The summed E-state index contributed by atoms with van der Waals surface area (Å²) in [7, 11) is -3.30. The summed E-state index contributed by atoms with van der Waals surface area (Å²) in [5.41, 5.74) is 0. The Labute approximate surface area is 124 Å². The summed E-state index contributed by atoms with van der Waals surface area (Å²) in [5.74, 6) is 0. The molecule has 0 N–H and O–H groups in total. The highest BCUT2D eigenvalue weighted by molar-refractivity contribution is 7.91. The molecule has 20 heavy (non-hydrogen) atoms. The topological polar surface area (TPSA) is 49.9 Å². The largest absolute Gasteiger partial charge is 0.379 e. The fourth-order valence-corrected chi connectivity index (χ4v) is 5.58. The van der Waals surface area contributed by atoms with Crippen molar-refractivity contribution in [2.45, 2.75) is 23.1 Å². The lowest BCUT2D eigenvalue weighted by Gasteiger charge is -2.40. The Morgan fingerprint density at radius 2 is 2.05 bits per heavy atom. The van der Waals surface area contributed by atoms with Crippen molar-refractivity contribution in [2.24, 2.45) is 0 Å². The fraction of sp³-hybridized carbons (Fsp3) is 0.692. The Bertz CT molecular complexity index is 524. The van der Waals surface area contributed by atoms with E-state index in [0.717, 1.165) is 39.1 Å². The van der Waals surface area contributed by atoms with E-state index in [1.54, 1.807) is 16.4 Å². The maximum atomic E-state index is 12.6. The van der Waals surface area contributed by atoms with Crippen LogP contribution in [0.4, 0.5) is 0 Å². The normalized spacial score (nSPS) is 26.7. The van der Waals surface area contributed by atoms with Crippen molar-refractivity contribution in [3.63, 3.8) is 0 Å². The fourth-order valence-electron chi connectivity index (χ4n) is 2.92. The van der Waals surface area contributed by atoms with E-state index >= 15 is 0 Å². The molecular formula is C13H20N2O3S2. The summed E-state index contributed by atoms with van der Waals surface area (Å²) in [6, 6.07) is 3.82. The second-order valence-corrected chi connectivity index (χ2v) is 8.35. The van der Waals surface area contributed by atoms with Crippen LogP contribution in [0.3, 0.4) is 0 Å². The van der Waals surface area contributed by atoms with E-state index in [-0.39, 0.29) is 0 Å². The summed E-state index contributed by atoms with van der Waals surface area (Å²) in [4.78, 5) is 2.37. The van der Waals surface area contributed by atoms with Crippen LogP contribution < -0.4 is 0 Å². The maximum absolute atomic E-state index is 12.6. The highest BCUT2D eigenvalue weighted by Crippen LogP contribution is 2.26. The Balaban J connectivity index is 1.71. The van der Waals surface area contributed by atoms with Crippen LogP contribution in [0.2, 0.25) is 0 Å². The van der Waals surface area contributed by atoms with Crippen molar-refractivity contribution < 1.29 is 13.2 Å². The van der Waals surface area contributed by atoms with Gasteiger partial charge in [-0.15, -0.1) is 11.3 Å². The average Bonchev–Trinajstić information content (AvgIpc) is 3.03. The van der Waals surface area contributed by atoms with Gasteiger partial charge in [-0.25, -0.2) is 8.42 Å². The van der Waals surface area contributed by atoms with Crippen LogP contribution in [0.25, 0.3) is 0 Å². The van der Waals surface area contributed by atoms with E-state index in [9.17, 15) is 8.42 Å².